The van der Waals surface area contributed by atoms with Gasteiger partial charge in [-0.15, -0.1) is 0 Å². The Hall–Kier alpha value is -2.65. The van der Waals surface area contributed by atoms with Gasteiger partial charge in [0.1, 0.15) is 12.3 Å². The van der Waals surface area contributed by atoms with Gasteiger partial charge in [-0.3, -0.25) is 19.4 Å². The number of urea groups is 1. The third kappa shape index (κ3) is 5.48. The zero-order valence-corrected chi connectivity index (χ0v) is 17.6. The van der Waals surface area contributed by atoms with E-state index >= 15 is 0 Å². The number of carbonyl (C=O) groups is 3. The lowest BCUT2D eigenvalue weighted by Crippen LogP contribution is -2.43. The highest BCUT2D eigenvalue weighted by Crippen LogP contribution is 2.23. The number of hydrogen-bond acceptors (Lipinski definition) is 6. The van der Waals surface area contributed by atoms with Crippen LogP contribution in [0.1, 0.15) is 24.4 Å². The zero-order chi connectivity index (χ0) is 21.5. The van der Waals surface area contributed by atoms with Crippen LogP contribution >= 0.6 is 0 Å². The number of imide groups is 1. The minimum absolute atomic E-state index is 0.0409. The summed E-state index contributed by atoms with van der Waals surface area (Å²) in [5, 5.41) is 3.01. The molecule has 0 aliphatic carbocycles. The van der Waals surface area contributed by atoms with Crippen LogP contribution in [0.5, 0.6) is 5.75 Å². The molecule has 30 heavy (non-hydrogen) atoms. The number of methoxy groups -OCH3 is 1. The van der Waals surface area contributed by atoms with Crippen LogP contribution in [-0.4, -0.2) is 92.6 Å². The fraction of sp³-hybridized carbons (Fsp3) is 0.571. The lowest BCUT2D eigenvalue weighted by atomic mass is 10.0. The molecule has 1 unspecified atom stereocenters. The van der Waals surface area contributed by atoms with Crippen molar-refractivity contribution in [2.24, 2.45) is 0 Å². The summed E-state index contributed by atoms with van der Waals surface area (Å²) in [4.78, 5) is 41.0. The number of benzene rings is 1. The molecule has 0 spiro atoms. The van der Waals surface area contributed by atoms with Crippen LogP contribution in [-0.2, 0) is 14.3 Å². The molecule has 0 radical (unpaired) electrons. The van der Waals surface area contributed by atoms with Crippen LogP contribution in [0.2, 0.25) is 0 Å². The predicted octanol–water partition coefficient (Wildman–Crippen LogP) is 0.859. The van der Waals surface area contributed by atoms with Crippen LogP contribution < -0.4 is 10.1 Å². The Kier molecular flexibility index (Phi) is 7.64. The molecule has 0 bridgehead atoms. The van der Waals surface area contributed by atoms with Gasteiger partial charge < -0.3 is 19.7 Å². The summed E-state index contributed by atoms with van der Waals surface area (Å²) in [5.74, 6) is 0.490. The van der Waals surface area contributed by atoms with E-state index in [2.05, 4.69) is 10.2 Å². The van der Waals surface area contributed by atoms with E-state index in [0.717, 1.165) is 24.4 Å². The van der Waals surface area contributed by atoms with Gasteiger partial charge in [0.15, 0.2) is 0 Å². The molecule has 2 heterocycles. The number of amides is 4. The molecule has 2 aliphatic rings. The van der Waals surface area contributed by atoms with Gasteiger partial charge in [-0.25, -0.2) is 4.79 Å². The van der Waals surface area contributed by atoms with E-state index in [0.29, 0.717) is 26.2 Å². The van der Waals surface area contributed by atoms with E-state index in [9.17, 15) is 14.4 Å². The maximum atomic E-state index is 12.4. The van der Waals surface area contributed by atoms with Crippen molar-refractivity contribution in [2.75, 3.05) is 60.1 Å². The first-order chi connectivity index (χ1) is 14.5. The molecule has 9 heteroatoms. The van der Waals surface area contributed by atoms with Gasteiger partial charge in [0.2, 0.25) is 11.8 Å². The number of nitrogens with one attached hydrogen (secondary N) is 1. The Labute approximate surface area is 176 Å². The van der Waals surface area contributed by atoms with Crippen LogP contribution in [0.25, 0.3) is 0 Å². The largest absolute Gasteiger partial charge is 0.497 e. The molecule has 2 aliphatic heterocycles. The molecule has 0 aromatic heterocycles. The maximum Gasteiger partial charge on any atom is 0.326 e. The highest BCUT2D eigenvalue weighted by molar-refractivity contribution is 6.01. The van der Waals surface area contributed by atoms with Crippen LogP contribution in [0.4, 0.5) is 4.79 Å². The molecular formula is C21H30N4O5. The summed E-state index contributed by atoms with van der Waals surface area (Å²) < 4.78 is 10.7. The van der Waals surface area contributed by atoms with Crippen molar-refractivity contribution < 1.29 is 23.9 Å². The average molecular weight is 418 g/mol. The summed E-state index contributed by atoms with van der Waals surface area (Å²) >= 11 is 0. The Morgan fingerprint density at radius 3 is 2.50 bits per heavy atom. The number of morpholine rings is 1. The monoisotopic (exact) mass is 418 g/mol. The summed E-state index contributed by atoms with van der Waals surface area (Å²) in [6.45, 7) is 3.81. The molecule has 1 aromatic carbocycles. The lowest BCUT2D eigenvalue weighted by Gasteiger charge is -2.35. The highest BCUT2D eigenvalue weighted by atomic mass is 16.5. The molecule has 1 N–H and O–H groups in total. The third-order valence-corrected chi connectivity index (χ3v) is 5.50. The van der Waals surface area contributed by atoms with Crippen molar-refractivity contribution in [3.63, 3.8) is 0 Å². The van der Waals surface area contributed by atoms with Crippen molar-refractivity contribution in [1.82, 2.24) is 20.0 Å². The molecule has 9 nitrogen and oxygen atoms in total. The van der Waals surface area contributed by atoms with E-state index in [1.54, 1.807) is 14.2 Å². The summed E-state index contributed by atoms with van der Waals surface area (Å²) in [6, 6.07) is 7.63. The van der Waals surface area contributed by atoms with Crippen LogP contribution in [0, 0.1) is 0 Å². The second kappa shape index (κ2) is 10.4. The van der Waals surface area contributed by atoms with Gasteiger partial charge in [-0.05, 0) is 24.1 Å². The first-order valence-corrected chi connectivity index (χ1v) is 10.3. The van der Waals surface area contributed by atoms with Gasteiger partial charge in [0.25, 0.3) is 0 Å². The van der Waals surface area contributed by atoms with Gasteiger partial charge >= 0.3 is 6.03 Å². The lowest BCUT2D eigenvalue weighted by molar-refractivity contribution is -0.126. The maximum absolute atomic E-state index is 12.4. The fourth-order valence-corrected chi connectivity index (χ4v) is 3.76. The fourth-order valence-electron chi connectivity index (χ4n) is 3.76. The summed E-state index contributed by atoms with van der Waals surface area (Å²) in [6.07, 6.45) is 0.709. The molecule has 1 atom stereocenters. The number of carbonyl (C=O) groups excluding carboxylic acids is 3. The van der Waals surface area contributed by atoms with Crippen molar-refractivity contribution in [3.05, 3.63) is 29.8 Å². The first kappa shape index (κ1) is 22.0. The van der Waals surface area contributed by atoms with Gasteiger partial charge in [0.05, 0.1) is 26.4 Å². The van der Waals surface area contributed by atoms with Gasteiger partial charge in [-0.1, -0.05) is 12.1 Å². The minimum atomic E-state index is -0.299. The summed E-state index contributed by atoms with van der Waals surface area (Å²) in [7, 11) is 3.23. The first-order valence-electron chi connectivity index (χ1n) is 10.3. The Balaban J connectivity index is 1.52. The number of nitrogens with zero attached hydrogens (tertiary/aromatic N) is 3. The van der Waals surface area contributed by atoms with Crippen molar-refractivity contribution in [1.29, 1.82) is 0 Å². The van der Waals surface area contributed by atoms with Crippen molar-refractivity contribution >= 4 is 17.8 Å². The van der Waals surface area contributed by atoms with Gasteiger partial charge in [0, 0.05) is 39.6 Å². The molecule has 1 aromatic rings. The normalized spacial score (nSPS) is 18.6. The minimum Gasteiger partial charge on any atom is -0.497 e. The van der Waals surface area contributed by atoms with Gasteiger partial charge in [-0.2, -0.15) is 0 Å². The van der Waals surface area contributed by atoms with Crippen molar-refractivity contribution in [3.8, 4) is 5.75 Å². The number of ether oxygens (including phenoxy) is 2. The Bertz CT molecular complexity index is 748. The van der Waals surface area contributed by atoms with Crippen LogP contribution in [0.3, 0.4) is 0 Å². The topological polar surface area (TPSA) is 91.4 Å². The SMILES string of the molecule is COc1ccc(C(CNC(=O)CCCN2C(=O)CN(C)C2=O)N2CCOCC2)cc1. The second-order valence-electron chi connectivity index (χ2n) is 7.53. The molecule has 2 fully saturated rings. The average Bonchev–Trinajstić information content (AvgIpc) is 3.01. The highest BCUT2D eigenvalue weighted by Gasteiger charge is 2.33. The predicted molar refractivity (Wildman–Crippen MR) is 110 cm³/mol. The molecule has 2 saturated heterocycles. The molecule has 3 rings (SSSR count). The molecular weight excluding hydrogens is 388 g/mol. The Morgan fingerprint density at radius 2 is 1.90 bits per heavy atom. The smallest absolute Gasteiger partial charge is 0.326 e. The number of likely N-dealkylation sites (N-methyl/N-ethyl adjacent to an activating group) is 1. The van der Waals surface area contributed by atoms with E-state index in [1.165, 1.54) is 9.80 Å². The molecule has 0 saturated carbocycles. The molecule has 164 valence electrons. The van der Waals surface area contributed by atoms with E-state index in [4.69, 9.17) is 9.47 Å². The van der Waals surface area contributed by atoms with Crippen molar-refractivity contribution in [2.45, 2.75) is 18.9 Å². The van der Waals surface area contributed by atoms with E-state index in [-0.39, 0.29) is 43.4 Å². The third-order valence-electron chi connectivity index (χ3n) is 5.50. The van der Waals surface area contributed by atoms with E-state index < -0.39 is 0 Å². The number of hydrogen-bond donors (Lipinski definition) is 1. The van der Waals surface area contributed by atoms with Crippen LogP contribution in [0.15, 0.2) is 24.3 Å². The zero-order valence-electron chi connectivity index (χ0n) is 17.6. The quantitative estimate of drug-likeness (QED) is 0.598. The second-order valence-corrected chi connectivity index (χ2v) is 7.53. The Morgan fingerprint density at radius 1 is 1.20 bits per heavy atom. The number of rotatable bonds is 9. The standard InChI is InChI=1S/C21H30N4O5/c1-23-15-20(27)25(21(23)28)9-3-4-19(26)22-14-18(24-10-12-30-13-11-24)16-5-7-17(29-2)8-6-16/h5-8,18H,3-4,9-15H2,1-2H3,(H,22,26). The summed E-state index contributed by atoms with van der Waals surface area (Å²) in [5.41, 5.74) is 1.11. The molecule has 4 amide bonds. The van der Waals surface area contributed by atoms with E-state index in [1.807, 2.05) is 24.3 Å².